The highest BCUT2D eigenvalue weighted by atomic mass is 31.2. The van der Waals surface area contributed by atoms with Crippen molar-refractivity contribution in [3.63, 3.8) is 0 Å². The SMILES string of the molecule is Nc1nc2c(nc(Nc3ccc(-c4ccccc4)cc3)n2[C@H]2C[C@H](OP(=O)(O)O)[C@@H](COP(=O)(O)O)O2)c(=O)[nH]1. The molecule has 3 atom stereocenters. The monoisotopic (exact) mass is 594 g/mol. The number of rotatable bonds is 9. The lowest BCUT2D eigenvalue weighted by Crippen LogP contribution is -2.28. The number of ether oxygens (including phenoxy) is 1. The molecule has 5 rings (SSSR count). The summed E-state index contributed by atoms with van der Waals surface area (Å²) in [6, 6.07) is 17.0. The topological polar surface area (TPSA) is 244 Å². The zero-order valence-electron chi connectivity index (χ0n) is 20.4. The third-order valence-corrected chi connectivity index (χ3v) is 7.00. The van der Waals surface area contributed by atoms with Gasteiger partial charge in [-0.1, -0.05) is 42.5 Å². The zero-order chi connectivity index (χ0) is 28.7. The maximum Gasteiger partial charge on any atom is 0.469 e. The van der Waals surface area contributed by atoms with E-state index in [1.54, 1.807) is 12.1 Å². The zero-order valence-corrected chi connectivity index (χ0v) is 22.2. The molecule has 0 amide bonds. The fourth-order valence-corrected chi connectivity index (χ4v) is 5.25. The van der Waals surface area contributed by atoms with Crippen molar-refractivity contribution >= 4 is 44.4 Å². The molecule has 0 unspecified atom stereocenters. The highest BCUT2D eigenvalue weighted by Gasteiger charge is 2.43. The van der Waals surface area contributed by atoms with Crippen molar-refractivity contribution in [3.8, 4) is 11.1 Å². The fraction of sp³-hybridized carbons (Fsp3) is 0.227. The van der Waals surface area contributed by atoms with Crippen LogP contribution < -0.4 is 16.6 Å². The van der Waals surface area contributed by atoms with E-state index in [1.165, 1.54) is 4.57 Å². The van der Waals surface area contributed by atoms with E-state index in [1.807, 2.05) is 42.5 Å². The molecule has 16 nitrogen and oxygen atoms in total. The van der Waals surface area contributed by atoms with Crippen LogP contribution in [0.2, 0.25) is 0 Å². The predicted molar refractivity (Wildman–Crippen MR) is 141 cm³/mol. The number of aromatic nitrogens is 4. The number of aromatic amines is 1. The third-order valence-electron chi connectivity index (χ3n) is 5.97. The molecule has 0 bridgehead atoms. The van der Waals surface area contributed by atoms with Crippen LogP contribution in [0.25, 0.3) is 22.3 Å². The van der Waals surface area contributed by atoms with Gasteiger partial charge in [-0.15, -0.1) is 0 Å². The number of phosphoric acid groups is 2. The van der Waals surface area contributed by atoms with Crippen molar-refractivity contribution in [2.24, 2.45) is 0 Å². The summed E-state index contributed by atoms with van der Waals surface area (Å²) in [6.07, 6.45) is -4.03. The van der Waals surface area contributed by atoms with Crippen LogP contribution in [0.4, 0.5) is 17.6 Å². The Kier molecular flexibility index (Phi) is 7.63. The number of benzene rings is 2. The largest absolute Gasteiger partial charge is 0.469 e. The van der Waals surface area contributed by atoms with Crippen LogP contribution in [0, 0.1) is 0 Å². The number of hydrogen-bond acceptors (Lipinski definition) is 10. The van der Waals surface area contributed by atoms with Crippen LogP contribution in [0.1, 0.15) is 12.6 Å². The second-order valence-electron chi connectivity index (χ2n) is 8.78. The Bertz CT molecular complexity index is 1670. The van der Waals surface area contributed by atoms with Gasteiger partial charge < -0.3 is 35.4 Å². The molecule has 1 fully saturated rings. The summed E-state index contributed by atoms with van der Waals surface area (Å²) in [7, 11) is -9.99. The molecule has 1 aliphatic rings. The molecular weight excluding hydrogens is 570 g/mol. The molecule has 0 spiro atoms. The maximum atomic E-state index is 12.6. The van der Waals surface area contributed by atoms with Gasteiger partial charge in [0, 0.05) is 12.1 Å². The minimum Gasteiger partial charge on any atom is -0.369 e. The number of hydrogen-bond donors (Lipinski definition) is 7. The minimum atomic E-state index is -5.04. The van der Waals surface area contributed by atoms with Crippen LogP contribution in [0.15, 0.2) is 59.4 Å². The molecule has 1 aliphatic heterocycles. The van der Waals surface area contributed by atoms with Crippen LogP contribution >= 0.6 is 15.6 Å². The van der Waals surface area contributed by atoms with E-state index in [-0.39, 0.29) is 29.5 Å². The second kappa shape index (κ2) is 10.9. The Morgan fingerprint density at radius 3 is 2.35 bits per heavy atom. The highest BCUT2D eigenvalue weighted by molar-refractivity contribution is 7.46. The van der Waals surface area contributed by atoms with Gasteiger partial charge in [0.15, 0.2) is 11.2 Å². The Morgan fingerprint density at radius 1 is 1.02 bits per heavy atom. The Hall–Kier alpha value is -3.43. The molecule has 4 aromatic rings. The lowest BCUT2D eigenvalue weighted by molar-refractivity contribution is -0.0410. The van der Waals surface area contributed by atoms with E-state index in [4.69, 9.17) is 24.8 Å². The van der Waals surface area contributed by atoms with Crippen molar-refractivity contribution in [2.75, 3.05) is 17.7 Å². The molecule has 212 valence electrons. The van der Waals surface area contributed by atoms with Gasteiger partial charge in [-0.25, -0.2) is 14.1 Å². The average molecular weight is 594 g/mol. The molecule has 0 saturated carbocycles. The van der Waals surface area contributed by atoms with E-state index in [2.05, 4.69) is 24.8 Å². The first-order valence-corrected chi connectivity index (χ1v) is 14.7. The van der Waals surface area contributed by atoms with E-state index in [0.29, 0.717) is 5.69 Å². The van der Waals surface area contributed by atoms with E-state index in [0.717, 1.165) is 11.1 Å². The fourth-order valence-electron chi connectivity index (χ4n) is 4.33. The molecule has 0 aliphatic carbocycles. The van der Waals surface area contributed by atoms with Crippen LogP contribution in [-0.2, 0) is 22.9 Å². The molecule has 0 radical (unpaired) electrons. The molecule has 3 heterocycles. The lowest BCUT2D eigenvalue weighted by Gasteiger charge is -2.19. The summed E-state index contributed by atoms with van der Waals surface area (Å²) >= 11 is 0. The molecular formula is C22H24N6O10P2. The quantitative estimate of drug-likeness (QED) is 0.137. The molecule has 18 heteroatoms. The van der Waals surface area contributed by atoms with Crippen LogP contribution in [0.3, 0.4) is 0 Å². The highest BCUT2D eigenvalue weighted by Crippen LogP contribution is 2.46. The smallest absolute Gasteiger partial charge is 0.369 e. The summed E-state index contributed by atoms with van der Waals surface area (Å²) in [6.45, 7) is -0.752. The maximum absolute atomic E-state index is 12.6. The Balaban J connectivity index is 1.51. The number of phosphoric ester groups is 2. The van der Waals surface area contributed by atoms with Gasteiger partial charge in [-0.2, -0.15) is 4.98 Å². The summed E-state index contributed by atoms with van der Waals surface area (Å²) in [4.78, 5) is 60.4. The van der Waals surface area contributed by atoms with Crippen molar-refractivity contribution < 1.29 is 42.5 Å². The van der Waals surface area contributed by atoms with E-state index >= 15 is 0 Å². The van der Waals surface area contributed by atoms with Crippen molar-refractivity contribution in [1.82, 2.24) is 19.5 Å². The minimum absolute atomic E-state index is 0.0128. The Morgan fingerprint density at radius 2 is 1.70 bits per heavy atom. The number of nitrogen functional groups attached to an aromatic ring is 1. The van der Waals surface area contributed by atoms with Crippen molar-refractivity contribution in [3.05, 3.63) is 65.0 Å². The standard InChI is InChI=1S/C22H24N6O10P2/c23-21-26-19-18(20(29)27-21)25-22(24-14-8-6-13(7-9-14)12-4-2-1-3-5-12)28(19)17-10-15(38-40(33,34)35)16(37-17)11-36-39(30,31)32/h1-9,15-17H,10-11H2,(H,24,25)(H2,30,31,32)(H2,33,34,35)(H3,23,26,27,29)/t15-,16+,17+/m0/s1. The number of fused-ring (bicyclic) bond motifs is 1. The van der Waals surface area contributed by atoms with Crippen molar-refractivity contribution in [2.45, 2.75) is 24.9 Å². The molecule has 40 heavy (non-hydrogen) atoms. The average Bonchev–Trinajstić information content (AvgIpc) is 3.42. The van der Waals surface area contributed by atoms with Crippen molar-refractivity contribution in [1.29, 1.82) is 0 Å². The van der Waals surface area contributed by atoms with Gasteiger partial charge >= 0.3 is 15.6 Å². The molecule has 1 saturated heterocycles. The van der Waals surface area contributed by atoms with E-state index in [9.17, 15) is 23.7 Å². The van der Waals surface area contributed by atoms with Gasteiger partial charge in [0.25, 0.3) is 5.56 Å². The number of nitrogens with two attached hydrogens (primary N) is 1. The third kappa shape index (κ3) is 6.47. The van der Waals surface area contributed by atoms with Crippen LogP contribution in [0.5, 0.6) is 0 Å². The number of nitrogens with zero attached hydrogens (tertiary/aromatic N) is 3. The number of anilines is 3. The van der Waals surface area contributed by atoms with Crippen LogP contribution in [-0.4, -0.2) is 57.9 Å². The normalized spacial score (nSPS) is 19.8. The summed E-state index contributed by atoms with van der Waals surface area (Å²) in [5.41, 5.74) is 7.52. The van der Waals surface area contributed by atoms with Gasteiger partial charge in [0.1, 0.15) is 18.4 Å². The first-order chi connectivity index (χ1) is 18.9. The first kappa shape index (κ1) is 28.1. The Labute approximate surface area is 225 Å². The summed E-state index contributed by atoms with van der Waals surface area (Å²) < 4.78 is 39.4. The first-order valence-electron chi connectivity index (χ1n) is 11.7. The van der Waals surface area contributed by atoms with Gasteiger partial charge in [-0.3, -0.25) is 23.4 Å². The van der Waals surface area contributed by atoms with Gasteiger partial charge in [0.2, 0.25) is 11.9 Å². The second-order valence-corrected chi connectivity index (χ2v) is 11.2. The van der Waals surface area contributed by atoms with Gasteiger partial charge in [-0.05, 0) is 23.3 Å². The summed E-state index contributed by atoms with van der Waals surface area (Å²) in [5, 5.41) is 3.09. The predicted octanol–water partition coefficient (Wildman–Crippen LogP) is 1.99. The molecule has 8 N–H and O–H groups in total. The number of imidazole rings is 1. The van der Waals surface area contributed by atoms with Gasteiger partial charge in [0.05, 0.1) is 6.61 Å². The van der Waals surface area contributed by atoms with E-state index < -0.39 is 46.2 Å². The number of nitrogens with one attached hydrogen (secondary N) is 2. The number of H-pyrrole nitrogens is 1. The summed E-state index contributed by atoms with van der Waals surface area (Å²) in [5.74, 6) is -0.151. The molecule has 2 aromatic heterocycles. The lowest BCUT2D eigenvalue weighted by atomic mass is 10.1. The molecule has 2 aromatic carbocycles.